The second-order valence-corrected chi connectivity index (χ2v) is 6.08. The van der Waals surface area contributed by atoms with E-state index in [1.54, 1.807) is 12.1 Å². The molecule has 0 atom stereocenters. The van der Waals surface area contributed by atoms with Crippen LogP contribution in [-0.2, 0) is 0 Å². The molecule has 1 aliphatic carbocycles. The Hall–Kier alpha value is -2.03. The summed E-state index contributed by atoms with van der Waals surface area (Å²) in [7, 11) is 0. The van der Waals surface area contributed by atoms with Gasteiger partial charge in [-0.05, 0) is 74.1 Å². The topological polar surface area (TPSA) is 33.0 Å². The first-order valence-corrected chi connectivity index (χ1v) is 7.99. The molecule has 1 aromatic carbocycles. The van der Waals surface area contributed by atoms with Gasteiger partial charge >= 0.3 is 6.36 Å². The number of rotatable bonds is 5. The van der Waals surface area contributed by atoms with Crippen molar-refractivity contribution in [2.75, 3.05) is 0 Å². The molecule has 0 amide bonds. The summed E-state index contributed by atoms with van der Waals surface area (Å²) in [5, 5.41) is 8.35. The number of allylic oxidation sites excluding steroid dienone is 2. The van der Waals surface area contributed by atoms with E-state index < -0.39 is 12.2 Å². The van der Waals surface area contributed by atoms with Gasteiger partial charge in [-0.25, -0.2) is 0 Å². The Kier molecular flexibility index (Phi) is 6.24. The molecule has 2 rings (SSSR count). The predicted octanol–water partition coefficient (Wildman–Crippen LogP) is 6.02. The molecule has 24 heavy (non-hydrogen) atoms. The average molecular weight is 341 g/mol. The highest BCUT2D eigenvalue weighted by molar-refractivity contribution is 5.29. The van der Waals surface area contributed by atoms with E-state index in [2.05, 4.69) is 4.74 Å². The van der Waals surface area contributed by atoms with Gasteiger partial charge in [0.15, 0.2) is 5.83 Å². The summed E-state index contributed by atoms with van der Waals surface area (Å²) in [5.41, 5.74) is 1.03. The van der Waals surface area contributed by atoms with Gasteiger partial charge in [0.25, 0.3) is 0 Å². The maximum atomic E-state index is 12.7. The van der Waals surface area contributed by atoms with Crippen LogP contribution in [0, 0.1) is 17.2 Å². The molecule has 0 bridgehead atoms. The lowest BCUT2D eigenvalue weighted by atomic mass is 9.77. The van der Waals surface area contributed by atoms with Crippen molar-refractivity contribution >= 4 is 0 Å². The van der Waals surface area contributed by atoms with E-state index in [1.807, 2.05) is 0 Å². The van der Waals surface area contributed by atoms with Gasteiger partial charge in [0, 0.05) is 0 Å². The molecule has 6 heteroatoms. The van der Waals surface area contributed by atoms with Gasteiger partial charge in [-0.15, -0.1) is 13.2 Å². The molecule has 1 saturated carbocycles. The minimum atomic E-state index is -4.67. The molecule has 0 heterocycles. The minimum Gasteiger partial charge on any atom is -0.406 e. The van der Waals surface area contributed by atoms with Crippen LogP contribution in [-0.4, -0.2) is 6.36 Å². The molecule has 0 unspecified atom stereocenters. The van der Waals surface area contributed by atoms with Crippen molar-refractivity contribution in [1.82, 2.24) is 0 Å². The molecule has 1 aliphatic rings. The van der Waals surface area contributed by atoms with Crippen LogP contribution >= 0.6 is 0 Å². The first-order chi connectivity index (χ1) is 11.4. The van der Waals surface area contributed by atoms with E-state index >= 15 is 0 Å². The van der Waals surface area contributed by atoms with Crippen molar-refractivity contribution in [3.63, 3.8) is 0 Å². The van der Waals surface area contributed by atoms with Gasteiger partial charge in [-0.1, -0.05) is 12.1 Å². The second kappa shape index (κ2) is 8.18. The highest BCUT2D eigenvalue weighted by atomic mass is 19.4. The maximum Gasteiger partial charge on any atom is 0.573 e. The largest absolute Gasteiger partial charge is 0.573 e. The van der Waals surface area contributed by atoms with Gasteiger partial charge in [-0.2, -0.15) is 9.65 Å². The fraction of sp³-hybridized carbons (Fsp3) is 0.500. The lowest BCUT2D eigenvalue weighted by Gasteiger charge is -2.28. The van der Waals surface area contributed by atoms with Gasteiger partial charge in [-0.3, -0.25) is 0 Å². The Morgan fingerprint density at radius 3 is 2.33 bits per heavy atom. The molecular formula is C18H19F4NO. The molecule has 1 aromatic rings. The number of ether oxygens (including phenoxy) is 1. The fourth-order valence-corrected chi connectivity index (χ4v) is 3.22. The predicted molar refractivity (Wildman–Crippen MR) is 81.9 cm³/mol. The van der Waals surface area contributed by atoms with Crippen LogP contribution in [0.3, 0.4) is 0 Å². The van der Waals surface area contributed by atoms with Crippen LogP contribution in [0.2, 0.25) is 0 Å². The molecule has 1 fully saturated rings. The number of nitrogens with zero attached hydrogens (tertiary/aromatic N) is 1. The third kappa shape index (κ3) is 5.88. The molecule has 0 radical (unpaired) electrons. The van der Waals surface area contributed by atoms with Gasteiger partial charge in [0.05, 0.1) is 0 Å². The van der Waals surface area contributed by atoms with Crippen molar-refractivity contribution in [3.05, 3.63) is 41.7 Å². The summed E-state index contributed by atoms with van der Waals surface area (Å²) < 4.78 is 53.0. The van der Waals surface area contributed by atoms with E-state index in [1.165, 1.54) is 24.3 Å². The Bertz CT molecular complexity index is 593. The van der Waals surface area contributed by atoms with Gasteiger partial charge < -0.3 is 4.74 Å². The van der Waals surface area contributed by atoms with E-state index in [0.717, 1.165) is 37.7 Å². The molecule has 0 saturated heterocycles. The molecule has 0 N–H and O–H groups in total. The molecule has 0 spiro atoms. The lowest BCUT2D eigenvalue weighted by molar-refractivity contribution is -0.274. The number of nitriles is 1. The summed E-state index contributed by atoms with van der Waals surface area (Å²) in [5.74, 6) is -0.0829. The van der Waals surface area contributed by atoms with Crippen LogP contribution in [0.1, 0.15) is 50.0 Å². The summed E-state index contributed by atoms with van der Waals surface area (Å²) >= 11 is 0. The van der Waals surface area contributed by atoms with Crippen molar-refractivity contribution in [2.45, 2.75) is 50.8 Å². The molecule has 0 aliphatic heterocycles. The number of benzene rings is 1. The molecular weight excluding hydrogens is 322 g/mol. The van der Waals surface area contributed by atoms with Gasteiger partial charge in [0.1, 0.15) is 11.8 Å². The fourth-order valence-electron chi connectivity index (χ4n) is 3.22. The zero-order valence-electron chi connectivity index (χ0n) is 13.2. The number of hydrogen-bond acceptors (Lipinski definition) is 2. The SMILES string of the molecule is N#C/C(F)=C/CC[C@H]1CC[C@H](c2ccc(OC(F)(F)F)cc2)CC1. The van der Waals surface area contributed by atoms with E-state index in [-0.39, 0.29) is 5.75 Å². The minimum absolute atomic E-state index is 0.203. The van der Waals surface area contributed by atoms with Crippen molar-refractivity contribution in [1.29, 1.82) is 5.26 Å². The van der Waals surface area contributed by atoms with Crippen LogP contribution < -0.4 is 4.74 Å². The van der Waals surface area contributed by atoms with Crippen molar-refractivity contribution in [3.8, 4) is 11.8 Å². The quantitative estimate of drug-likeness (QED) is 0.485. The van der Waals surface area contributed by atoms with Crippen LogP contribution in [0.5, 0.6) is 5.75 Å². The van der Waals surface area contributed by atoms with Crippen LogP contribution in [0.4, 0.5) is 17.6 Å². The molecule has 130 valence electrons. The van der Waals surface area contributed by atoms with E-state index in [0.29, 0.717) is 18.3 Å². The smallest absolute Gasteiger partial charge is 0.406 e. The Morgan fingerprint density at radius 2 is 1.79 bits per heavy atom. The van der Waals surface area contributed by atoms with Crippen LogP contribution in [0.25, 0.3) is 0 Å². The third-order valence-corrected chi connectivity index (χ3v) is 4.44. The van der Waals surface area contributed by atoms with Crippen molar-refractivity contribution < 1.29 is 22.3 Å². The van der Waals surface area contributed by atoms with Crippen LogP contribution in [0.15, 0.2) is 36.2 Å². The average Bonchev–Trinajstić information content (AvgIpc) is 2.54. The number of halogens is 4. The first kappa shape index (κ1) is 18.3. The Balaban J connectivity index is 1.81. The monoisotopic (exact) mass is 341 g/mol. The maximum absolute atomic E-state index is 12.7. The van der Waals surface area contributed by atoms with E-state index in [9.17, 15) is 17.6 Å². The second-order valence-electron chi connectivity index (χ2n) is 6.08. The molecule has 2 nitrogen and oxygen atoms in total. The molecule has 0 aromatic heterocycles. The summed E-state index contributed by atoms with van der Waals surface area (Å²) in [6, 6.07) is 7.55. The highest BCUT2D eigenvalue weighted by Gasteiger charge is 2.31. The standard InChI is InChI=1S/C18H19F4NO/c19-16(12-23)3-1-2-13-4-6-14(7-5-13)15-8-10-17(11-9-15)24-18(20,21)22/h3,8-11,13-14H,1-2,4-7H2/b16-3-/t13-,14-. The van der Waals surface area contributed by atoms with Gasteiger partial charge in [0.2, 0.25) is 0 Å². The third-order valence-electron chi connectivity index (χ3n) is 4.44. The van der Waals surface area contributed by atoms with E-state index in [4.69, 9.17) is 5.26 Å². The summed E-state index contributed by atoms with van der Waals surface area (Å²) in [6.07, 6.45) is 2.03. The Morgan fingerprint density at radius 1 is 1.17 bits per heavy atom. The zero-order chi connectivity index (χ0) is 17.6. The first-order valence-electron chi connectivity index (χ1n) is 7.99. The number of hydrogen-bond donors (Lipinski definition) is 0. The normalized spacial score (nSPS) is 22.0. The lowest BCUT2D eigenvalue weighted by Crippen LogP contribution is -2.17. The Labute approximate surface area is 138 Å². The van der Waals surface area contributed by atoms with Crippen molar-refractivity contribution in [2.24, 2.45) is 5.92 Å². The summed E-state index contributed by atoms with van der Waals surface area (Å²) in [6.45, 7) is 0. The number of alkyl halides is 3. The highest BCUT2D eigenvalue weighted by Crippen LogP contribution is 2.38. The zero-order valence-corrected chi connectivity index (χ0v) is 13.2. The summed E-state index contributed by atoms with van der Waals surface area (Å²) in [4.78, 5) is 0.